The SMILES string of the molecule is CC1CCCN(S(=O)(=O)c2ccc(NC(=O)c3cc(F)ccc3F)cc2)C1. The normalized spacial score (nSPS) is 18.3. The summed E-state index contributed by atoms with van der Waals surface area (Å²) in [6.45, 7) is 3.00. The van der Waals surface area contributed by atoms with E-state index in [0.717, 1.165) is 31.0 Å². The smallest absolute Gasteiger partial charge is 0.258 e. The van der Waals surface area contributed by atoms with Gasteiger partial charge in [0.2, 0.25) is 10.0 Å². The largest absolute Gasteiger partial charge is 0.322 e. The number of nitrogens with one attached hydrogen (secondary N) is 1. The molecule has 2 aromatic rings. The molecule has 1 atom stereocenters. The van der Waals surface area contributed by atoms with Gasteiger partial charge in [0.25, 0.3) is 5.91 Å². The lowest BCUT2D eigenvalue weighted by Crippen LogP contribution is -2.39. The van der Waals surface area contributed by atoms with Gasteiger partial charge in [-0.25, -0.2) is 17.2 Å². The molecule has 1 saturated heterocycles. The number of halogens is 2. The Morgan fingerprint density at radius 1 is 1.15 bits per heavy atom. The van der Waals surface area contributed by atoms with Crippen LogP contribution in [0.25, 0.3) is 0 Å². The number of rotatable bonds is 4. The van der Waals surface area contributed by atoms with Crippen LogP contribution in [-0.2, 0) is 10.0 Å². The highest BCUT2D eigenvalue weighted by Gasteiger charge is 2.28. The summed E-state index contributed by atoms with van der Waals surface area (Å²) < 4.78 is 53.8. The first kappa shape index (κ1) is 19.4. The van der Waals surface area contributed by atoms with Gasteiger partial charge in [0.15, 0.2) is 0 Å². The fourth-order valence-corrected chi connectivity index (χ4v) is 4.69. The average molecular weight is 394 g/mol. The number of benzene rings is 2. The Morgan fingerprint density at radius 2 is 1.85 bits per heavy atom. The number of carbonyl (C=O) groups is 1. The third-order valence-corrected chi connectivity index (χ3v) is 6.42. The maximum atomic E-state index is 13.7. The van der Waals surface area contributed by atoms with Crippen molar-refractivity contribution in [2.75, 3.05) is 18.4 Å². The second-order valence-corrected chi connectivity index (χ2v) is 8.65. The van der Waals surface area contributed by atoms with E-state index in [4.69, 9.17) is 0 Å². The summed E-state index contributed by atoms with van der Waals surface area (Å²) in [6.07, 6.45) is 1.83. The van der Waals surface area contributed by atoms with E-state index in [1.807, 2.05) is 6.92 Å². The molecule has 1 aliphatic rings. The minimum Gasteiger partial charge on any atom is -0.322 e. The van der Waals surface area contributed by atoms with Crippen LogP contribution in [0.5, 0.6) is 0 Å². The molecule has 3 rings (SSSR count). The van der Waals surface area contributed by atoms with Crippen molar-refractivity contribution >= 4 is 21.6 Å². The van der Waals surface area contributed by atoms with Gasteiger partial charge in [0, 0.05) is 18.8 Å². The van der Waals surface area contributed by atoms with E-state index in [9.17, 15) is 22.0 Å². The van der Waals surface area contributed by atoms with Crippen molar-refractivity contribution in [3.63, 3.8) is 0 Å². The summed E-state index contributed by atoms with van der Waals surface area (Å²) in [7, 11) is -3.59. The fourth-order valence-electron chi connectivity index (χ4n) is 3.09. The Morgan fingerprint density at radius 3 is 2.52 bits per heavy atom. The first-order chi connectivity index (χ1) is 12.8. The second kappa shape index (κ2) is 7.74. The maximum Gasteiger partial charge on any atom is 0.258 e. The van der Waals surface area contributed by atoms with Crippen LogP contribution in [-0.4, -0.2) is 31.7 Å². The van der Waals surface area contributed by atoms with E-state index in [1.54, 1.807) is 0 Å². The number of sulfonamides is 1. The number of hydrogen-bond acceptors (Lipinski definition) is 3. The van der Waals surface area contributed by atoms with Gasteiger partial charge in [-0.15, -0.1) is 0 Å². The Hall–Kier alpha value is -2.32. The Balaban J connectivity index is 1.75. The average Bonchev–Trinajstić information content (AvgIpc) is 2.64. The van der Waals surface area contributed by atoms with Gasteiger partial charge >= 0.3 is 0 Å². The van der Waals surface area contributed by atoms with Gasteiger partial charge in [0.05, 0.1) is 10.5 Å². The lowest BCUT2D eigenvalue weighted by atomic mass is 10.0. The van der Waals surface area contributed by atoms with E-state index in [2.05, 4.69) is 5.32 Å². The molecule has 1 fully saturated rings. The zero-order valence-corrected chi connectivity index (χ0v) is 15.6. The highest BCUT2D eigenvalue weighted by molar-refractivity contribution is 7.89. The van der Waals surface area contributed by atoms with Gasteiger partial charge in [-0.05, 0) is 61.2 Å². The van der Waals surface area contributed by atoms with Crippen molar-refractivity contribution in [3.8, 4) is 0 Å². The molecule has 144 valence electrons. The summed E-state index contributed by atoms with van der Waals surface area (Å²) in [5.41, 5.74) is -0.136. The molecule has 0 aromatic heterocycles. The highest BCUT2D eigenvalue weighted by Crippen LogP contribution is 2.24. The molecule has 0 saturated carbocycles. The number of hydrogen-bond donors (Lipinski definition) is 1. The van der Waals surface area contributed by atoms with Crippen LogP contribution in [0.3, 0.4) is 0 Å². The molecule has 27 heavy (non-hydrogen) atoms. The number of piperidine rings is 1. The van der Waals surface area contributed by atoms with Crippen molar-refractivity contribution in [1.82, 2.24) is 4.31 Å². The van der Waals surface area contributed by atoms with E-state index >= 15 is 0 Å². The van der Waals surface area contributed by atoms with Crippen LogP contribution in [0.15, 0.2) is 47.4 Å². The molecule has 0 spiro atoms. The molecule has 5 nitrogen and oxygen atoms in total. The molecule has 1 N–H and O–H groups in total. The summed E-state index contributed by atoms with van der Waals surface area (Å²) in [5.74, 6) is -2.06. The maximum absolute atomic E-state index is 13.7. The first-order valence-corrected chi connectivity index (χ1v) is 10.1. The van der Waals surface area contributed by atoms with Crippen LogP contribution in [0.4, 0.5) is 14.5 Å². The fraction of sp³-hybridized carbons (Fsp3) is 0.316. The lowest BCUT2D eigenvalue weighted by Gasteiger charge is -2.30. The number of nitrogens with zero attached hydrogens (tertiary/aromatic N) is 1. The van der Waals surface area contributed by atoms with Crippen molar-refractivity contribution < 1.29 is 22.0 Å². The van der Waals surface area contributed by atoms with Gasteiger partial charge in [0.1, 0.15) is 11.6 Å². The van der Waals surface area contributed by atoms with Crippen LogP contribution >= 0.6 is 0 Å². The van der Waals surface area contributed by atoms with Crippen LogP contribution in [0, 0.1) is 17.6 Å². The third kappa shape index (κ3) is 4.33. The number of anilines is 1. The van der Waals surface area contributed by atoms with E-state index in [1.165, 1.54) is 28.6 Å². The number of carbonyl (C=O) groups excluding carboxylic acids is 1. The topological polar surface area (TPSA) is 66.5 Å². The molecule has 0 bridgehead atoms. The minimum absolute atomic E-state index is 0.131. The quantitative estimate of drug-likeness (QED) is 0.861. The lowest BCUT2D eigenvalue weighted by molar-refractivity contribution is 0.102. The summed E-state index contributed by atoms with van der Waals surface area (Å²) in [4.78, 5) is 12.2. The molecule has 1 heterocycles. The zero-order valence-electron chi connectivity index (χ0n) is 14.8. The van der Waals surface area contributed by atoms with Gasteiger partial charge < -0.3 is 5.32 Å². The van der Waals surface area contributed by atoms with Crippen LogP contribution < -0.4 is 5.32 Å². The minimum atomic E-state index is -3.59. The van der Waals surface area contributed by atoms with Gasteiger partial charge in [-0.2, -0.15) is 4.31 Å². The zero-order chi connectivity index (χ0) is 19.6. The van der Waals surface area contributed by atoms with E-state index in [0.29, 0.717) is 19.0 Å². The Kier molecular flexibility index (Phi) is 5.57. The molecule has 1 amide bonds. The predicted molar refractivity (Wildman–Crippen MR) is 97.9 cm³/mol. The second-order valence-electron chi connectivity index (χ2n) is 6.71. The van der Waals surface area contributed by atoms with Crippen molar-refractivity contribution in [2.24, 2.45) is 5.92 Å². The standard InChI is InChI=1S/C19H20F2N2O3S/c1-13-3-2-10-23(12-13)27(25,26)16-7-5-15(6-8-16)22-19(24)17-11-14(20)4-9-18(17)21/h4-9,11,13H,2-3,10,12H2,1H3,(H,22,24). The molecule has 8 heteroatoms. The molecule has 2 aromatic carbocycles. The van der Waals surface area contributed by atoms with Gasteiger partial charge in [-0.3, -0.25) is 4.79 Å². The van der Waals surface area contributed by atoms with Gasteiger partial charge in [-0.1, -0.05) is 6.92 Å². The summed E-state index contributed by atoms with van der Waals surface area (Å²) >= 11 is 0. The van der Waals surface area contributed by atoms with Crippen molar-refractivity contribution in [1.29, 1.82) is 0 Å². The van der Waals surface area contributed by atoms with Crippen molar-refractivity contribution in [2.45, 2.75) is 24.7 Å². The number of amides is 1. The summed E-state index contributed by atoms with van der Waals surface area (Å²) in [5, 5.41) is 2.44. The van der Waals surface area contributed by atoms with E-state index in [-0.39, 0.29) is 10.6 Å². The molecule has 0 aliphatic carbocycles. The Bertz CT molecular complexity index is 946. The van der Waals surface area contributed by atoms with Crippen LogP contribution in [0.2, 0.25) is 0 Å². The monoisotopic (exact) mass is 394 g/mol. The molecule has 1 aliphatic heterocycles. The molecule has 0 radical (unpaired) electrons. The molecular weight excluding hydrogens is 374 g/mol. The predicted octanol–water partition coefficient (Wildman–Crippen LogP) is 3.64. The van der Waals surface area contributed by atoms with Crippen molar-refractivity contribution in [3.05, 3.63) is 59.7 Å². The molecule has 1 unspecified atom stereocenters. The van der Waals surface area contributed by atoms with Crippen LogP contribution in [0.1, 0.15) is 30.1 Å². The third-order valence-electron chi connectivity index (χ3n) is 4.54. The highest BCUT2D eigenvalue weighted by atomic mass is 32.2. The first-order valence-electron chi connectivity index (χ1n) is 8.64. The molecular formula is C19H20F2N2O3S. The summed E-state index contributed by atoms with van der Waals surface area (Å²) in [6, 6.07) is 8.25. The van der Waals surface area contributed by atoms with E-state index < -0.39 is 33.1 Å². The Labute approximate surface area is 157 Å².